The normalized spacial score (nSPS) is 21.0. The van der Waals surface area contributed by atoms with Gasteiger partial charge >= 0.3 is 0 Å². The zero-order chi connectivity index (χ0) is 15.6. The summed E-state index contributed by atoms with van der Waals surface area (Å²) in [5.74, 6) is 1.32. The Morgan fingerprint density at radius 3 is 3.14 bits per heavy atom. The quantitative estimate of drug-likeness (QED) is 0.800. The van der Waals surface area contributed by atoms with Gasteiger partial charge in [-0.05, 0) is 24.3 Å². The molecule has 0 aliphatic carbocycles. The third kappa shape index (κ3) is 3.29. The second-order valence-electron chi connectivity index (χ2n) is 5.38. The van der Waals surface area contributed by atoms with Crippen LogP contribution in [0.5, 0.6) is 0 Å². The van der Waals surface area contributed by atoms with Crippen molar-refractivity contribution < 1.29 is 9.90 Å². The first kappa shape index (κ1) is 15.4. The highest BCUT2D eigenvalue weighted by molar-refractivity contribution is 7.99. The molecule has 0 saturated carbocycles. The van der Waals surface area contributed by atoms with Gasteiger partial charge in [0.15, 0.2) is 0 Å². The first-order valence-electron chi connectivity index (χ1n) is 6.95. The lowest BCUT2D eigenvalue weighted by Gasteiger charge is -2.21. The van der Waals surface area contributed by atoms with Gasteiger partial charge in [-0.15, -0.1) is 0 Å². The molecule has 1 aliphatic rings. The number of aliphatic hydroxyl groups is 1. The smallest absolute Gasteiger partial charge is 0.255 e. The van der Waals surface area contributed by atoms with E-state index in [0.29, 0.717) is 28.5 Å². The van der Waals surface area contributed by atoms with Crippen molar-refractivity contribution in [3.8, 4) is 11.3 Å². The molecule has 1 saturated heterocycles. The lowest BCUT2D eigenvalue weighted by molar-refractivity contribution is 0.0613. The van der Waals surface area contributed by atoms with Crippen LogP contribution < -0.4 is 5.32 Å². The van der Waals surface area contributed by atoms with Crippen molar-refractivity contribution in [3.63, 3.8) is 0 Å². The molecule has 1 fully saturated rings. The Bertz CT molecular complexity index is 683. The maximum atomic E-state index is 12.4. The Labute approximate surface area is 137 Å². The van der Waals surface area contributed by atoms with Crippen LogP contribution in [0.2, 0.25) is 5.02 Å². The molecular formula is C15H16ClN3O2S. The number of H-pyrrole nitrogens is 1. The fourth-order valence-corrected chi connectivity index (χ4v) is 3.88. The van der Waals surface area contributed by atoms with E-state index in [1.165, 1.54) is 6.20 Å². The molecule has 0 bridgehead atoms. The average Bonchev–Trinajstić information content (AvgIpc) is 3.14. The predicted molar refractivity (Wildman–Crippen MR) is 88.3 cm³/mol. The fraction of sp³-hybridized carbons (Fsp3) is 0.333. The predicted octanol–water partition coefficient (Wildman–Crippen LogP) is 2.33. The van der Waals surface area contributed by atoms with Crippen LogP contribution in [0.3, 0.4) is 0 Å². The SMILES string of the molecule is O=C(NCC1(O)CCSC1)c1cn[nH]c1-c1cccc(Cl)c1. The van der Waals surface area contributed by atoms with Gasteiger partial charge in [0, 0.05) is 22.9 Å². The summed E-state index contributed by atoms with van der Waals surface area (Å²) in [6.45, 7) is 0.249. The number of aromatic nitrogens is 2. The number of aromatic amines is 1. The summed E-state index contributed by atoms with van der Waals surface area (Å²) < 4.78 is 0. The number of thioether (sulfide) groups is 1. The summed E-state index contributed by atoms with van der Waals surface area (Å²) in [7, 11) is 0. The molecule has 1 unspecified atom stereocenters. The number of carbonyl (C=O) groups is 1. The third-order valence-electron chi connectivity index (χ3n) is 3.66. The molecule has 1 aromatic carbocycles. The van der Waals surface area contributed by atoms with Gasteiger partial charge in [-0.3, -0.25) is 9.89 Å². The van der Waals surface area contributed by atoms with Gasteiger partial charge < -0.3 is 10.4 Å². The molecule has 116 valence electrons. The molecule has 0 spiro atoms. The van der Waals surface area contributed by atoms with E-state index < -0.39 is 5.60 Å². The third-order valence-corrected chi connectivity index (χ3v) is 5.13. The van der Waals surface area contributed by atoms with Gasteiger partial charge in [-0.2, -0.15) is 16.9 Å². The Morgan fingerprint density at radius 2 is 2.41 bits per heavy atom. The highest BCUT2D eigenvalue weighted by atomic mass is 35.5. The maximum absolute atomic E-state index is 12.4. The minimum Gasteiger partial charge on any atom is -0.387 e. The summed E-state index contributed by atoms with van der Waals surface area (Å²) in [5, 5.41) is 20.5. The van der Waals surface area contributed by atoms with Crippen LogP contribution in [0.25, 0.3) is 11.3 Å². The molecule has 1 amide bonds. The van der Waals surface area contributed by atoms with Crippen molar-refractivity contribution in [1.29, 1.82) is 0 Å². The molecule has 1 aromatic heterocycles. The highest BCUT2D eigenvalue weighted by Gasteiger charge is 2.32. The van der Waals surface area contributed by atoms with E-state index in [1.54, 1.807) is 23.9 Å². The van der Waals surface area contributed by atoms with Crippen LogP contribution in [0, 0.1) is 0 Å². The monoisotopic (exact) mass is 337 g/mol. The number of nitrogens with one attached hydrogen (secondary N) is 2. The first-order valence-corrected chi connectivity index (χ1v) is 8.48. The Morgan fingerprint density at radius 1 is 1.55 bits per heavy atom. The number of rotatable bonds is 4. The Balaban J connectivity index is 1.75. The minimum atomic E-state index is -0.805. The first-order chi connectivity index (χ1) is 10.6. The van der Waals surface area contributed by atoms with E-state index in [4.69, 9.17) is 11.6 Å². The fourth-order valence-electron chi connectivity index (χ4n) is 2.40. The van der Waals surface area contributed by atoms with E-state index in [-0.39, 0.29) is 12.5 Å². The van der Waals surface area contributed by atoms with Gasteiger partial charge in [0.25, 0.3) is 5.91 Å². The standard InChI is InChI=1S/C15H16ClN3O2S/c16-11-3-1-2-10(6-11)13-12(7-18-19-13)14(20)17-8-15(21)4-5-22-9-15/h1-3,6-7,21H,4-5,8-9H2,(H,17,20)(H,18,19). The van der Waals surface area contributed by atoms with Gasteiger partial charge in [-0.25, -0.2) is 0 Å². The van der Waals surface area contributed by atoms with Crippen molar-refractivity contribution in [3.05, 3.63) is 41.0 Å². The summed E-state index contributed by atoms with van der Waals surface area (Å²) in [6.07, 6.45) is 2.18. The van der Waals surface area contributed by atoms with E-state index in [1.807, 2.05) is 12.1 Å². The number of hydrogen-bond donors (Lipinski definition) is 3. The van der Waals surface area contributed by atoms with Gasteiger partial charge in [0.1, 0.15) is 0 Å². The van der Waals surface area contributed by atoms with E-state index in [0.717, 1.165) is 11.3 Å². The topological polar surface area (TPSA) is 78.0 Å². The summed E-state index contributed by atoms with van der Waals surface area (Å²) in [4.78, 5) is 12.4. The largest absolute Gasteiger partial charge is 0.387 e. The van der Waals surface area contributed by atoms with Crippen LogP contribution in [0.15, 0.2) is 30.5 Å². The number of nitrogens with zero attached hydrogens (tertiary/aromatic N) is 1. The van der Waals surface area contributed by atoms with Crippen molar-refractivity contribution in [1.82, 2.24) is 15.5 Å². The van der Waals surface area contributed by atoms with E-state index in [9.17, 15) is 9.90 Å². The number of amides is 1. The summed E-state index contributed by atoms with van der Waals surface area (Å²) >= 11 is 7.69. The number of carbonyl (C=O) groups excluding carboxylic acids is 1. The van der Waals surface area contributed by atoms with Gasteiger partial charge in [-0.1, -0.05) is 23.7 Å². The lowest BCUT2D eigenvalue weighted by Crippen LogP contribution is -2.43. The number of benzene rings is 1. The molecule has 7 heteroatoms. The van der Waals surface area contributed by atoms with Crippen molar-refractivity contribution >= 4 is 29.3 Å². The van der Waals surface area contributed by atoms with Crippen LogP contribution in [0.1, 0.15) is 16.8 Å². The average molecular weight is 338 g/mol. The summed E-state index contributed by atoms with van der Waals surface area (Å²) in [5.41, 5.74) is 1.05. The van der Waals surface area contributed by atoms with Crippen LogP contribution in [-0.2, 0) is 0 Å². The highest BCUT2D eigenvalue weighted by Crippen LogP contribution is 2.27. The molecule has 0 radical (unpaired) electrons. The second-order valence-corrected chi connectivity index (χ2v) is 6.92. The minimum absolute atomic E-state index is 0.249. The van der Waals surface area contributed by atoms with Crippen molar-refractivity contribution in [2.45, 2.75) is 12.0 Å². The zero-order valence-corrected chi connectivity index (χ0v) is 13.4. The molecule has 2 aromatic rings. The second kappa shape index (κ2) is 6.32. The molecule has 2 heterocycles. The molecule has 5 nitrogen and oxygen atoms in total. The van der Waals surface area contributed by atoms with Gasteiger partial charge in [0.05, 0.1) is 23.1 Å². The molecular weight excluding hydrogens is 322 g/mol. The molecule has 22 heavy (non-hydrogen) atoms. The lowest BCUT2D eigenvalue weighted by atomic mass is 10.0. The van der Waals surface area contributed by atoms with Gasteiger partial charge in [0.2, 0.25) is 0 Å². The summed E-state index contributed by atoms with van der Waals surface area (Å²) in [6, 6.07) is 7.22. The van der Waals surface area contributed by atoms with E-state index in [2.05, 4.69) is 15.5 Å². The molecule has 1 aliphatic heterocycles. The van der Waals surface area contributed by atoms with Crippen LogP contribution in [-0.4, -0.2) is 44.9 Å². The molecule has 3 N–H and O–H groups in total. The molecule has 1 atom stereocenters. The zero-order valence-electron chi connectivity index (χ0n) is 11.8. The number of hydrogen-bond acceptors (Lipinski definition) is 4. The Hall–Kier alpha value is -1.50. The number of halogens is 1. The van der Waals surface area contributed by atoms with Crippen molar-refractivity contribution in [2.24, 2.45) is 0 Å². The van der Waals surface area contributed by atoms with Crippen molar-refractivity contribution in [2.75, 3.05) is 18.1 Å². The van der Waals surface area contributed by atoms with Crippen LogP contribution in [0.4, 0.5) is 0 Å². The van der Waals surface area contributed by atoms with E-state index >= 15 is 0 Å². The van der Waals surface area contributed by atoms with Crippen LogP contribution >= 0.6 is 23.4 Å². The maximum Gasteiger partial charge on any atom is 0.255 e. The molecule has 3 rings (SSSR count). The Kier molecular flexibility index (Phi) is 4.42.